The van der Waals surface area contributed by atoms with E-state index in [4.69, 9.17) is 5.73 Å². The number of amides is 1. The highest BCUT2D eigenvalue weighted by Crippen LogP contribution is 2.18. The highest BCUT2D eigenvalue weighted by molar-refractivity contribution is 5.98. The third-order valence-electron chi connectivity index (χ3n) is 3.95. The van der Waals surface area contributed by atoms with Crippen LogP contribution in [0, 0.1) is 12.7 Å². The van der Waals surface area contributed by atoms with E-state index in [0.29, 0.717) is 28.7 Å². The molecule has 7 heteroatoms. The van der Waals surface area contributed by atoms with E-state index in [1.165, 1.54) is 12.1 Å². The third kappa shape index (κ3) is 4.00. The van der Waals surface area contributed by atoms with E-state index < -0.39 is 5.54 Å². The first-order valence-electron chi connectivity index (χ1n) is 7.95. The summed E-state index contributed by atoms with van der Waals surface area (Å²) in [5.41, 5.74) is 7.12. The van der Waals surface area contributed by atoms with Crippen LogP contribution in [0.25, 0.3) is 10.9 Å². The van der Waals surface area contributed by atoms with Crippen molar-refractivity contribution in [2.45, 2.75) is 25.9 Å². The van der Waals surface area contributed by atoms with Crippen LogP contribution in [0.5, 0.6) is 0 Å². The Bertz CT molecular complexity index is 905. The van der Waals surface area contributed by atoms with Crippen molar-refractivity contribution in [3.8, 4) is 0 Å². The molecule has 0 saturated carbocycles. The second-order valence-corrected chi connectivity index (χ2v) is 6.50. The fourth-order valence-corrected chi connectivity index (χ4v) is 2.66. The van der Waals surface area contributed by atoms with E-state index in [-0.39, 0.29) is 18.3 Å². The molecule has 0 aliphatic carbocycles. The highest BCUT2D eigenvalue weighted by Gasteiger charge is 2.21. The van der Waals surface area contributed by atoms with E-state index in [2.05, 4.69) is 15.4 Å². The third-order valence-corrected chi connectivity index (χ3v) is 3.95. The van der Waals surface area contributed by atoms with Crippen molar-refractivity contribution in [2.24, 2.45) is 5.73 Å². The van der Waals surface area contributed by atoms with E-state index in [1.807, 2.05) is 19.2 Å². The van der Waals surface area contributed by atoms with Gasteiger partial charge in [-0.25, -0.2) is 4.39 Å². The Labute approximate surface area is 144 Å². The lowest BCUT2D eigenvalue weighted by atomic mass is 10.0. The summed E-state index contributed by atoms with van der Waals surface area (Å²) in [6, 6.07) is 7.85. The van der Waals surface area contributed by atoms with Crippen molar-refractivity contribution in [2.75, 3.05) is 6.54 Å². The van der Waals surface area contributed by atoms with E-state index >= 15 is 0 Å². The minimum atomic E-state index is -0.650. The number of aryl methyl sites for hydroxylation is 1. The zero-order valence-corrected chi connectivity index (χ0v) is 14.2. The van der Waals surface area contributed by atoms with Gasteiger partial charge in [0.1, 0.15) is 5.82 Å². The summed E-state index contributed by atoms with van der Waals surface area (Å²) in [6.07, 6.45) is 3.51. The van der Waals surface area contributed by atoms with Gasteiger partial charge in [-0.1, -0.05) is 0 Å². The topological polar surface area (TPSA) is 85.8 Å². The van der Waals surface area contributed by atoms with Crippen LogP contribution in [-0.2, 0) is 6.54 Å². The number of fused-ring (bicyclic) bond motifs is 1. The molecular weight excluding hydrogens is 321 g/mol. The van der Waals surface area contributed by atoms with Gasteiger partial charge in [-0.2, -0.15) is 5.10 Å². The van der Waals surface area contributed by atoms with E-state index in [1.54, 1.807) is 29.9 Å². The lowest BCUT2D eigenvalue weighted by Gasteiger charge is -2.25. The lowest BCUT2D eigenvalue weighted by molar-refractivity contribution is 0.0941. The molecule has 1 aromatic carbocycles. The number of carbonyl (C=O) groups excluding carboxylic acids is 1. The number of nitrogens with one attached hydrogen (secondary N) is 1. The highest BCUT2D eigenvalue weighted by atomic mass is 19.1. The quantitative estimate of drug-likeness (QED) is 0.743. The molecule has 0 aliphatic rings. The van der Waals surface area contributed by atoms with Gasteiger partial charge in [0.05, 0.1) is 28.9 Å². The molecule has 25 heavy (non-hydrogen) atoms. The number of nitrogens with two attached hydrogens (primary N) is 1. The number of carbonyl (C=O) groups is 1. The number of nitrogens with zero attached hydrogens (tertiary/aromatic N) is 3. The molecule has 6 nitrogen and oxygen atoms in total. The molecule has 1 unspecified atom stereocenters. The maximum atomic E-state index is 13.3. The predicted octanol–water partition coefficient (Wildman–Crippen LogP) is 2.03. The molecule has 0 radical (unpaired) electrons. The van der Waals surface area contributed by atoms with Crippen molar-refractivity contribution < 1.29 is 9.18 Å². The largest absolute Gasteiger partial charge is 0.350 e. The summed E-state index contributed by atoms with van der Waals surface area (Å²) in [4.78, 5) is 16.8. The van der Waals surface area contributed by atoms with Gasteiger partial charge >= 0.3 is 0 Å². The number of rotatable bonds is 5. The zero-order valence-electron chi connectivity index (χ0n) is 14.2. The molecular formula is C18H20FN5O. The molecule has 0 aliphatic heterocycles. The normalized spacial score (nSPS) is 13.6. The fraction of sp³-hybridized carbons (Fsp3) is 0.278. The van der Waals surface area contributed by atoms with Crippen LogP contribution >= 0.6 is 0 Å². The zero-order chi connectivity index (χ0) is 18.0. The Morgan fingerprint density at radius 3 is 2.92 bits per heavy atom. The van der Waals surface area contributed by atoms with E-state index in [0.717, 1.165) is 0 Å². The Kier molecular flexibility index (Phi) is 4.50. The summed E-state index contributed by atoms with van der Waals surface area (Å²) >= 11 is 0. The molecule has 2 aromatic heterocycles. The number of pyridine rings is 1. The molecule has 0 spiro atoms. The Balaban J connectivity index is 1.73. The monoisotopic (exact) mass is 341 g/mol. The first-order chi connectivity index (χ1) is 11.8. The number of aromatic nitrogens is 3. The van der Waals surface area contributed by atoms with Crippen molar-refractivity contribution >= 4 is 16.8 Å². The molecule has 2 heterocycles. The van der Waals surface area contributed by atoms with Gasteiger partial charge in [-0.05, 0) is 38.1 Å². The van der Waals surface area contributed by atoms with Crippen molar-refractivity contribution in [1.82, 2.24) is 20.1 Å². The Hall–Kier alpha value is -2.80. The molecule has 1 atom stereocenters. The average molecular weight is 341 g/mol. The minimum Gasteiger partial charge on any atom is -0.350 e. The summed E-state index contributed by atoms with van der Waals surface area (Å²) in [7, 11) is 0. The number of halogens is 1. The lowest BCUT2D eigenvalue weighted by Crippen LogP contribution is -2.50. The Morgan fingerprint density at radius 1 is 1.40 bits per heavy atom. The molecule has 0 fully saturated rings. The van der Waals surface area contributed by atoms with Crippen LogP contribution in [0.3, 0.4) is 0 Å². The summed E-state index contributed by atoms with van der Waals surface area (Å²) in [5, 5.41) is 7.69. The molecule has 3 rings (SSSR count). The first-order valence-corrected chi connectivity index (χ1v) is 7.95. The van der Waals surface area contributed by atoms with Crippen LogP contribution in [0.4, 0.5) is 4.39 Å². The smallest absolute Gasteiger partial charge is 0.253 e. The van der Waals surface area contributed by atoms with Gasteiger partial charge in [-0.15, -0.1) is 0 Å². The van der Waals surface area contributed by atoms with Crippen LogP contribution in [0.1, 0.15) is 23.0 Å². The van der Waals surface area contributed by atoms with Gasteiger partial charge in [0.25, 0.3) is 5.91 Å². The van der Waals surface area contributed by atoms with Crippen molar-refractivity contribution in [1.29, 1.82) is 0 Å². The average Bonchev–Trinajstić information content (AvgIpc) is 3.04. The molecule has 3 N–H and O–H groups in total. The van der Waals surface area contributed by atoms with Crippen molar-refractivity contribution in [3.63, 3.8) is 0 Å². The number of hydrogen-bond donors (Lipinski definition) is 2. The SMILES string of the molecule is Cc1nc2cc(F)ccc2cc1C(=O)NCC(C)(N)Cn1cccn1. The molecule has 0 bridgehead atoms. The molecule has 1 amide bonds. The maximum Gasteiger partial charge on any atom is 0.253 e. The number of benzene rings is 1. The standard InChI is InChI=1S/C18H20FN5O/c1-12-15(8-13-4-5-14(19)9-16(13)23-12)17(25)21-10-18(2,20)11-24-7-3-6-22-24/h3-9H,10-11,20H2,1-2H3,(H,21,25). The van der Waals surface area contributed by atoms with Crippen molar-refractivity contribution in [3.05, 3.63) is 59.8 Å². The fourth-order valence-electron chi connectivity index (χ4n) is 2.66. The second kappa shape index (κ2) is 6.60. The molecule has 3 aromatic rings. The van der Waals surface area contributed by atoms with Gasteiger partial charge in [0.2, 0.25) is 0 Å². The first kappa shape index (κ1) is 17.0. The molecule has 0 saturated heterocycles. The van der Waals surface area contributed by atoms with Crippen LogP contribution < -0.4 is 11.1 Å². The summed E-state index contributed by atoms with van der Waals surface area (Å²) in [6.45, 7) is 4.34. The van der Waals surface area contributed by atoms with Gasteiger partial charge < -0.3 is 11.1 Å². The van der Waals surface area contributed by atoms with E-state index in [9.17, 15) is 9.18 Å². The van der Waals surface area contributed by atoms with Crippen LogP contribution in [-0.4, -0.2) is 32.8 Å². The summed E-state index contributed by atoms with van der Waals surface area (Å²) in [5.74, 6) is -0.609. The van der Waals surface area contributed by atoms with Crippen LogP contribution in [0.15, 0.2) is 42.7 Å². The Morgan fingerprint density at radius 2 is 2.20 bits per heavy atom. The summed E-state index contributed by atoms with van der Waals surface area (Å²) < 4.78 is 15.0. The predicted molar refractivity (Wildman–Crippen MR) is 93.6 cm³/mol. The maximum absolute atomic E-state index is 13.3. The molecule has 130 valence electrons. The number of hydrogen-bond acceptors (Lipinski definition) is 4. The minimum absolute atomic E-state index is 0.256. The van der Waals surface area contributed by atoms with Gasteiger partial charge in [0.15, 0.2) is 0 Å². The van der Waals surface area contributed by atoms with Gasteiger partial charge in [0, 0.05) is 30.4 Å². The van der Waals surface area contributed by atoms with Crippen LogP contribution in [0.2, 0.25) is 0 Å². The second-order valence-electron chi connectivity index (χ2n) is 6.50. The van der Waals surface area contributed by atoms with Gasteiger partial charge in [-0.3, -0.25) is 14.5 Å².